The van der Waals surface area contributed by atoms with Gasteiger partial charge in [0.25, 0.3) is 0 Å². The molecule has 9 nitrogen and oxygen atoms in total. The lowest BCUT2D eigenvalue weighted by atomic mass is 9.43. The summed E-state index contributed by atoms with van der Waals surface area (Å²) in [5, 5.41) is 54.4. The lowest BCUT2D eigenvalue weighted by molar-refractivity contribution is -0.532. The Morgan fingerprint density at radius 2 is 1.69 bits per heavy atom. The Morgan fingerprint density at radius 1 is 0.972 bits per heavy atom. The van der Waals surface area contributed by atoms with E-state index in [0.29, 0.717) is 18.3 Å². The van der Waals surface area contributed by atoms with Gasteiger partial charge in [0.1, 0.15) is 18.3 Å². The quantitative estimate of drug-likeness (QED) is 0.256. The molecule has 206 valence electrons. The highest BCUT2D eigenvalue weighted by Crippen LogP contribution is 2.69. The molecule has 0 amide bonds. The fourth-order valence-corrected chi connectivity index (χ4v) is 9.59. The second-order valence-electron chi connectivity index (χ2n) is 13.3. The van der Waals surface area contributed by atoms with Gasteiger partial charge in [0.05, 0.1) is 17.8 Å². The molecule has 9 heteroatoms. The van der Waals surface area contributed by atoms with Crippen molar-refractivity contribution in [2.75, 3.05) is 0 Å². The molecule has 1 saturated heterocycles. The van der Waals surface area contributed by atoms with Gasteiger partial charge in [0, 0.05) is 23.2 Å². The van der Waals surface area contributed by atoms with Crippen molar-refractivity contribution in [1.82, 2.24) is 0 Å². The van der Waals surface area contributed by atoms with Gasteiger partial charge in [0.2, 0.25) is 6.04 Å². The van der Waals surface area contributed by atoms with Crippen molar-refractivity contribution in [3.63, 3.8) is 0 Å². The second kappa shape index (κ2) is 9.12. The Balaban J connectivity index is 1.29. The molecule has 0 spiro atoms. The molecule has 0 aromatic heterocycles. The lowest BCUT2D eigenvalue weighted by Gasteiger charge is -2.63. The third kappa shape index (κ3) is 3.79. The predicted molar refractivity (Wildman–Crippen MR) is 130 cm³/mol. The van der Waals surface area contributed by atoms with Crippen LogP contribution in [0.1, 0.15) is 85.5 Å². The first kappa shape index (κ1) is 26.8. The van der Waals surface area contributed by atoms with E-state index in [9.17, 15) is 30.5 Å². The van der Waals surface area contributed by atoms with E-state index >= 15 is 0 Å². The number of rotatable bonds is 4. The van der Waals surface area contributed by atoms with Crippen molar-refractivity contribution in [3.05, 3.63) is 10.1 Å². The van der Waals surface area contributed by atoms with Crippen LogP contribution in [0.3, 0.4) is 0 Å². The first-order chi connectivity index (χ1) is 16.8. The zero-order valence-electron chi connectivity index (χ0n) is 22.1. The zero-order valence-corrected chi connectivity index (χ0v) is 22.1. The van der Waals surface area contributed by atoms with E-state index in [1.165, 1.54) is 0 Å². The van der Waals surface area contributed by atoms with Crippen molar-refractivity contribution in [2.45, 2.75) is 134 Å². The van der Waals surface area contributed by atoms with Gasteiger partial charge in [-0.1, -0.05) is 13.8 Å². The summed E-state index contributed by atoms with van der Waals surface area (Å²) in [4.78, 5) is 11.5. The van der Waals surface area contributed by atoms with Crippen LogP contribution in [-0.4, -0.2) is 73.8 Å². The Morgan fingerprint density at radius 3 is 2.39 bits per heavy atom. The van der Waals surface area contributed by atoms with E-state index in [4.69, 9.17) is 9.47 Å². The monoisotopic (exact) mass is 511 g/mol. The average Bonchev–Trinajstić information content (AvgIpc) is 3.11. The van der Waals surface area contributed by atoms with E-state index in [1.54, 1.807) is 13.8 Å². The molecule has 5 aliphatic rings. The minimum absolute atomic E-state index is 0.0711. The van der Waals surface area contributed by atoms with Gasteiger partial charge in [-0.15, -0.1) is 0 Å². The maximum absolute atomic E-state index is 12.2. The van der Waals surface area contributed by atoms with Crippen molar-refractivity contribution >= 4 is 0 Å². The van der Waals surface area contributed by atoms with E-state index in [0.717, 1.165) is 51.4 Å². The summed E-state index contributed by atoms with van der Waals surface area (Å²) >= 11 is 0. The maximum Gasteiger partial charge on any atom is 0.213 e. The van der Waals surface area contributed by atoms with Crippen LogP contribution >= 0.6 is 0 Å². The Bertz CT molecular complexity index is 858. The summed E-state index contributed by atoms with van der Waals surface area (Å²) in [5.74, 6) is 0.883. The van der Waals surface area contributed by atoms with Crippen molar-refractivity contribution < 1.29 is 34.8 Å². The molecule has 5 fully saturated rings. The summed E-state index contributed by atoms with van der Waals surface area (Å²) in [6.45, 7) is 7.86. The third-order valence-corrected chi connectivity index (χ3v) is 11.9. The fourth-order valence-electron chi connectivity index (χ4n) is 9.59. The van der Waals surface area contributed by atoms with Gasteiger partial charge in [-0.3, -0.25) is 10.1 Å². The summed E-state index contributed by atoms with van der Waals surface area (Å²) in [6.07, 6.45) is 2.31. The van der Waals surface area contributed by atoms with Gasteiger partial charge in [-0.05, 0) is 87.9 Å². The number of hydrogen-bond acceptors (Lipinski definition) is 8. The molecule has 0 unspecified atom stereocenters. The van der Waals surface area contributed by atoms with Gasteiger partial charge < -0.3 is 29.9 Å². The molecule has 4 aliphatic carbocycles. The molecule has 0 bridgehead atoms. The molecule has 14 atom stereocenters. The third-order valence-electron chi connectivity index (χ3n) is 11.9. The number of aliphatic hydroxyl groups excluding tert-OH is 3. The Labute approximate surface area is 213 Å². The molecule has 36 heavy (non-hydrogen) atoms. The van der Waals surface area contributed by atoms with Gasteiger partial charge in [-0.2, -0.15) is 0 Å². The normalized spacial score (nSPS) is 55.8. The van der Waals surface area contributed by atoms with Crippen LogP contribution in [0.4, 0.5) is 0 Å². The van der Waals surface area contributed by atoms with Crippen molar-refractivity contribution in [3.8, 4) is 0 Å². The Kier molecular flexibility index (Phi) is 6.78. The van der Waals surface area contributed by atoms with E-state index in [2.05, 4.69) is 13.8 Å². The van der Waals surface area contributed by atoms with Gasteiger partial charge in [0.15, 0.2) is 6.29 Å². The van der Waals surface area contributed by atoms with Crippen LogP contribution in [0.2, 0.25) is 0 Å². The van der Waals surface area contributed by atoms with Crippen molar-refractivity contribution in [2.24, 2.45) is 34.5 Å². The summed E-state index contributed by atoms with van der Waals surface area (Å²) in [5.41, 5.74) is -1.19. The molecular weight excluding hydrogens is 466 g/mol. The zero-order chi connectivity index (χ0) is 26.2. The molecule has 4 saturated carbocycles. The highest BCUT2D eigenvalue weighted by molar-refractivity contribution is 5.17. The molecule has 1 heterocycles. The predicted octanol–water partition coefficient (Wildman–Crippen LogP) is 2.64. The average molecular weight is 512 g/mol. The van der Waals surface area contributed by atoms with E-state index in [-0.39, 0.29) is 28.3 Å². The Hall–Kier alpha value is -0.840. The van der Waals surface area contributed by atoms with Gasteiger partial charge >= 0.3 is 0 Å². The number of fused-ring (bicyclic) bond motifs is 5. The second-order valence-corrected chi connectivity index (χ2v) is 13.3. The van der Waals surface area contributed by atoms with E-state index < -0.39 is 47.8 Å². The highest BCUT2D eigenvalue weighted by atomic mass is 16.7. The van der Waals surface area contributed by atoms with E-state index in [1.807, 2.05) is 0 Å². The van der Waals surface area contributed by atoms with Crippen molar-refractivity contribution in [1.29, 1.82) is 0 Å². The summed E-state index contributed by atoms with van der Waals surface area (Å²) in [7, 11) is 0. The minimum atomic E-state index is -1.30. The SMILES string of the molecule is C[C@@H]1O[C@@H](O[C@H]2CC[C@@]3(C)[C@H](CC[C@@H]4[C@@H]3CC[C@]3(C)[C@@H]([C@H](C)[N+](=O)[O-])CC[C@]43O)C2)[C@H](O)[C@H](O)[C@H]1O. The molecule has 5 rings (SSSR count). The minimum Gasteiger partial charge on any atom is -0.389 e. The number of nitro groups is 1. The van der Waals surface area contributed by atoms with Crippen LogP contribution in [0.25, 0.3) is 0 Å². The summed E-state index contributed by atoms with van der Waals surface area (Å²) in [6, 6.07) is -0.639. The first-order valence-electron chi connectivity index (χ1n) is 14.0. The standard InChI is InChI=1S/C27H45NO8/c1-14(28(33)34)18-9-12-27(32)20-6-5-16-13-17(36-24-23(31)22(30)21(29)15(2)35-24)7-10-25(16,3)19(20)8-11-26(18,27)4/h14-24,29-32H,5-13H2,1-4H3/t14-,15-,16+,17-,18+,19-,20+,21-,22+,23+,24-,25-,26+,27-/m0/s1. The number of aliphatic hydroxyl groups is 4. The van der Waals surface area contributed by atoms with Crippen LogP contribution in [0, 0.1) is 44.6 Å². The van der Waals surface area contributed by atoms with Crippen LogP contribution in [-0.2, 0) is 9.47 Å². The topological polar surface area (TPSA) is 143 Å². The number of nitrogens with zero attached hydrogens (tertiary/aromatic N) is 1. The largest absolute Gasteiger partial charge is 0.389 e. The summed E-state index contributed by atoms with van der Waals surface area (Å²) < 4.78 is 11.9. The smallest absolute Gasteiger partial charge is 0.213 e. The fraction of sp³-hybridized carbons (Fsp3) is 1.00. The maximum atomic E-state index is 12.2. The first-order valence-corrected chi connectivity index (χ1v) is 14.0. The van der Waals surface area contributed by atoms with Crippen LogP contribution in [0.5, 0.6) is 0 Å². The molecule has 0 radical (unpaired) electrons. The lowest BCUT2D eigenvalue weighted by Crippen LogP contribution is -2.63. The molecule has 1 aliphatic heterocycles. The highest BCUT2D eigenvalue weighted by Gasteiger charge is 2.69. The molecular formula is C27H45NO8. The molecule has 4 N–H and O–H groups in total. The van der Waals surface area contributed by atoms with Gasteiger partial charge in [-0.25, -0.2) is 0 Å². The van der Waals surface area contributed by atoms with Crippen LogP contribution in [0.15, 0.2) is 0 Å². The van der Waals surface area contributed by atoms with Crippen LogP contribution < -0.4 is 0 Å². The number of hydrogen-bond donors (Lipinski definition) is 4. The molecule has 0 aromatic carbocycles. The molecule has 0 aromatic rings. The number of ether oxygens (including phenoxy) is 2.